The second kappa shape index (κ2) is 5.66. The summed E-state index contributed by atoms with van der Waals surface area (Å²) in [5, 5.41) is 12.8. The van der Waals surface area contributed by atoms with E-state index in [1.165, 1.54) is 0 Å². The maximum absolute atomic E-state index is 9.62. The zero-order chi connectivity index (χ0) is 10.4. The first-order chi connectivity index (χ1) is 6.68. The molecule has 2 nitrogen and oxygen atoms in total. The Morgan fingerprint density at radius 1 is 1.21 bits per heavy atom. The van der Waals surface area contributed by atoms with Gasteiger partial charge in [0.05, 0.1) is 6.10 Å². The molecule has 0 bridgehead atoms. The highest BCUT2D eigenvalue weighted by atomic mass is 16.3. The Kier molecular flexibility index (Phi) is 4.47. The fraction of sp³-hybridized carbons (Fsp3) is 0.500. The molecule has 0 fully saturated rings. The molecule has 0 amide bonds. The molecule has 0 spiro atoms. The van der Waals surface area contributed by atoms with Crippen molar-refractivity contribution in [3.8, 4) is 0 Å². The smallest absolute Gasteiger partial charge is 0.0715 e. The van der Waals surface area contributed by atoms with Crippen molar-refractivity contribution in [3.63, 3.8) is 0 Å². The summed E-state index contributed by atoms with van der Waals surface area (Å²) < 4.78 is 0. The quantitative estimate of drug-likeness (QED) is 0.753. The molecular weight excluding hydrogens is 174 g/mol. The van der Waals surface area contributed by atoms with Gasteiger partial charge in [0.25, 0.3) is 0 Å². The highest BCUT2D eigenvalue weighted by Gasteiger charge is 2.05. The molecule has 2 N–H and O–H groups in total. The Morgan fingerprint density at radius 3 is 2.43 bits per heavy atom. The third kappa shape index (κ3) is 4.28. The number of rotatable bonds is 5. The van der Waals surface area contributed by atoms with Crippen molar-refractivity contribution in [3.05, 3.63) is 30.3 Å². The van der Waals surface area contributed by atoms with Crippen molar-refractivity contribution >= 4 is 5.69 Å². The lowest BCUT2D eigenvalue weighted by atomic mass is 10.1. The molecule has 1 rings (SSSR count). The van der Waals surface area contributed by atoms with E-state index in [-0.39, 0.29) is 6.10 Å². The number of aliphatic hydroxyl groups excluding tert-OH is 1. The predicted molar refractivity (Wildman–Crippen MR) is 60.4 cm³/mol. The molecular formula is C12H19NO. The van der Waals surface area contributed by atoms with Gasteiger partial charge in [0.1, 0.15) is 0 Å². The van der Waals surface area contributed by atoms with Gasteiger partial charge in [0.15, 0.2) is 0 Å². The van der Waals surface area contributed by atoms with Gasteiger partial charge in [-0.15, -0.1) is 0 Å². The molecule has 0 radical (unpaired) electrons. The van der Waals surface area contributed by atoms with E-state index < -0.39 is 0 Å². The molecule has 0 saturated carbocycles. The second-order valence-electron chi connectivity index (χ2n) is 4.03. The zero-order valence-electron chi connectivity index (χ0n) is 8.90. The van der Waals surface area contributed by atoms with Crippen molar-refractivity contribution in [1.29, 1.82) is 0 Å². The van der Waals surface area contributed by atoms with Gasteiger partial charge in [-0.3, -0.25) is 0 Å². The molecule has 0 aliphatic carbocycles. The van der Waals surface area contributed by atoms with E-state index >= 15 is 0 Å². The minimum atomic E-state index is -0.254. The summed E-state index contributed by atoms with van der Waals surface area (Å²) in [6.45, 7) is 4.86. The van der Waals surface area contributed by atoms with Crippen LogP contribution in [0, 0.1) is 5.92 Å². The minimum absolute atomic E-state index is 0.254. The summed E-state index contributed by atoms with van der Waals surface area (Å²) in [4.78, 5) is 0. The maximum Gasteiger partial charge on any atom is 0.0715 e. The van der Waals surface area contributed by atoms with Crippen LogP contribution in [0.1, 0.15) is 20.3 Å². The molecule has 0 aromatic heterocycles. The van der Waals surface area contributed by atoms with Crippen molar-refractivity contribution < 1.29 is 5.11 Å². The fourth-order valence-electron chi connectivity index (χ4n) is 1.42. The van der Waals surface area contributed by atoms with E-state index in [0.717, 1.165) is 12.1 Å². The monoisotopic (exact) mass is 193 g/mol. The Labute approximate surface area is 86.0 Å². The number of para-hydroxylation sites is 1. The molecule has 1 unspecified atom stereocenters. The summed E-state index contributed by atoms with van der Waals surface area (Å²) in [5.41, 5.74) is 1.07. The summed E-state index contributed by atoms with van der Waals surface area (Å²) in [6, 6.07) is 9.95. The highest BCUT2D eigenvalue weighted by Crippen LogP contribution is 2.08. The first-order valence-corrected chi connectivity index (χ1v) is 5.15. The molecule has 1 atom stereocenters. The number of hydrogen-bond donors (Lipinski definition) is 2. The van der Waals surface area contributed by atoms with Gasteiger partial charge in [0.2, 0.25) is 0 Å². The fourth-order valence-corrected chi connectivity index (χ4v) is 1.42. The largest absolute Gasteiger partial charge is 0.391 e. The van der Waals surface area contributed by atoms with Crippen molar-refractivity contribution in [2.45, 2.75) is 26.4 Å². The maximum atomic E-state index is 9.62. The van der Waals surface area contributed by atoms with Crippen LogP contribution in [0.2, 0.25) is 0 Å². The predicted octanol–water partition coefficient (Wildman–Crippen LogP) is 2.51. The van der Waals surface area contributed by atoms with Crippen molar-refractivity contribution in [1.82, 2.24) is 0 Å². The van der Waals surface area contributed by atoms with Crippen molar-refractivity contribution in [2.75, 3.05) is 11.9 Å². The topological polar surface area (TPSA) is 32.3 Å². The molecule has 0 aliphatic heterocycles. The second-order valence-corrected chi connectivity index (χ2v) is 4.03. The molecule has 2 heteroatoms. The van der Waals surface area contributed by atoms with E-state index in [1.807, 2.05) is 30.3 Å². The van der Waals surface area contributed by atoms with Crippen LogP contribution in [0.15, 0.2) is 30.3 Å². The number of anilines is 1. The number of benzene rings is 1. The van der Waals surface area contributed by atoms with Crippen LogP contribution in [0.4, 0.5) is 5.69 Å². The molecule has 0 heterocycles. The van der Waals surface area contributed by atoms with E-state index in [0.29, 0.717) is 12.5 Å². The van der Waals surface area contributed by atoms with Gasteiger partial charge in [-0.25, -0.2) is 0 Å². The Morgan fingerprint density at radius 2 is 1.86 bits per heavy atom. The lowest BCUT2D eigenvalue weighted by Crippen LogP contribution is -2.21. The molecule has 1 aromatic rings. The number of nitrogens with one attached hydrogen (secondary N) is 1. The van der Waals surface area contributed by atoms with Gasteiger partial charge >= 0.3 is 0 Å². The average molecular weight is 193 g/mol. The lowest BCUT2D eigenvalue weighted by Gasteiger charge is -2.14. The van der Waals surface area contributed by atoms with Crippen molar-refractivity contribution in [2.24, 2.45) is 5.92 Å². The van der Waals surface area contributed by atoms with Crippen LogP contribution >= 0.6 is 0 Å². The van der Waals surface area contributed by atoms with Crippen LogP contribution in [0.25, 0.3) is 0 Å². The van der Waals surface area contributed by atoms with Crippen LogP contribution in [-0.2, 0) is 0 Å². The first kappa shape index (κ1) is 11.1. The third-order valence-corrected chi connectivity index (χ3v) is 2.06. The van der Waals surface area contributed by atoms with Gasteiger partial charge in [-0.1, -0.05) is 32.0 Å². The van der Waals surface area contributed by atoms with Crippen LogP contribution in [0.3, 0.4) is 0 Å². The van der Waals surface area contributed by atoms with E-state index in [4.69, 9.17) is 0 Å². The first-order valence-electron chi connectivity index (χ1n) is 5.15. The summed E-state index contributed by atoms with van der Waals surface area (Å²) >= 11 is 0. The molecule has 0 aliphatic rings. The normalized spacial score (nSPS) is 12.9. The highest BCUT2D eigenvalue weighted by molar-refractivity contribution is 5.42. The van der Waals surface area contributed by atoms with E-state index in [2.05, 4.69) is 19.2 Å². The van der Waals surface area contributed by atoms with Gasteiger partial charge < -0.3 is 10.4 Å². The van der Waals surface area contributed by atoms with Gasteiger partial charge in [-0.05, 0) is 24.5 Å². The standard InChI is InChI=1S/C12H19NO/c1-10(2)8-12(14)9-13-11-6-4-3-5-7-11/h3-7,10,12-14H,8-9H2,1-2H3. The van der Waals surface area contributed by atoms with Gasteiger partial charge in [0, 0.05) is 12.2 Å². The Bertz CT molecular complexity index is 246. The molecule has 0 saturated heterocycles. The summed E-state index contributed by atoms with van der Waals surface area (Å²) in [7, 11) is 0. The Hall–Kier alpha value is -1.02. The van der Waals surface area contributed by atoms with E-state index in [1.54, 1.807) is 0 Å². The summed E-state index contributed by atoms with van der Waals surface area (Å²) in [5.74, 6) is 0.544. The third-order valence-electron chi connectivity index (χ3n) is 2.06. The SMILES string of the molecule is CC(C)CC(O)CNc1ccccc1. The molecule has 1 aromatic carbocycles. The summed E-state index contributed by atoms with van der Waals surface area (Å²) in [6.07, 6.45) is 0.593. The van der Waals surface area contributed by atoms with E-state index in [9.17, 15) is 5.11 Å². The minimum Gasteiger partial charge on any atom is -0.391 e. The lowest BCUT2D eigenvalue weighted by molar-refractivity contribution is 0.161. The van der Waals surface area contributed by atoms with Crippen LogP contribution in [0.5, 0.6) is 0 Å². The van der Waals surface area contributed by atoms with Crippen LogP contribution in [-0.4, -0.2) is 17.8 Å². The average Bonchev–Trinajstić information content (AvgIpc) is 2.15. The molecule has 14 heavy (non-hydrogen) atoms. The van der Waals surface area contributed by atoms with Gasteiger partial charge in [-0.2, -0.15) is 0 Å². The Balaban J connectivity index is 2.27. The van der Waals surface area contributed by atoms with Crippen LogP contribution < -0.4 is 5.32 Å². The zero-order valence-corrected chi connectivity index (χ0v) is 8.90. The molecule has 78 valence electrons. The number of aliphatic hydroxyl groups is 1. The number of hydrogen-bond acceptors (Lipinski definition) is 2.